The fraction of sp³-hybridized carbons (Fsp3) is 0.222. The van der Waals surface area contributed by atoms with E-state index in [4.69, 9.17) is 9.47 Å². The molecule has 3 rings (SSSR count). The molecule has 0 radical (unpaired) electrons. The van der Waals surface area contributed by atoms with Crippen molar-refractivity contribution in [3.05, 3.63) is 71.3 Å². The molecule has 0 aromatic heterocycles. The van der Waals surface area contributed by atoms with Gasteiger partial charge in [-0.3, -0.25) is 0 Å². The number of esters is 2. The van der Waals surface area contributed by atoms with Crippen LogP contribution >= 0.6 is 0 Å². The van der Waals surface area contributed by atoms with E-state index in [9.17, 15) is 9.59 Å². The Hall–Kier alpha value is -2.62. The third-order valence-electron chi connectivity index (χ3n) is 3.79. The van der Waals surface area contributed by atoms with Crippen molar-refractivity contribution in [2.45, 2.75) is 18.9 Å². The molecule has 2 aromatic carbocycles. The predicted molar refractivity (Wildman–Crippen MR) is 80.3 cm³/mol. The van der Waals surface area contributed by atoms with Crippen LogP contribution in [-0.2, 0) is 26.3 Å². The largest absolute Gasteiger partial charge is 0.463 e. The van der Waals surface area contributed by atoms with Gasteiger partial charge in [-0.05, 0) is 18.6 Å². The summed E-state index contributed by atoms with van der Waals surface area (Å²) < 4.78 is 10.8. The van der Waals surface area contributed by atoms with Gasteiger partial charge < -0.3 is 9.47 Å². The first-order valence-corrected chi connectivity index (χ1v) is 7.21. The maximum absolute atomic E-state index is 12.6. The molecule has 0 saturated carbocycles. The molecule has 112 valence electrons. The summed E-state index contributed by atoms with van der Waals surface area (Å²) in [6.07, 6.45) is 0.276. The molecule has 22 heavy (non-hydrogen) atoms. The van der Waals surface area contributed by atoms with Gasteiger partial charge in [0.1, 0.15) is 0 Å². The highest BCUT2D eigenvalue weighted by atomic mass is 16.6. The van der Waals surface area contributed by atoms with Gasteiger partial charge in [-0.2, -0.15) is 0 Å². The van der Waals surface area contributed by atoms with Gasteiger partial charge in [0.2, 0.25) is 5.60 Å². The summed E-state index contributed by atoms with van der Waals surface area (Å²) in [4.78, 5) is 24.9. The second kappa shape index (κ2) is 5.64. The maximum Gasteiger partial charge on any atom is 0.355 e. The Labute approximate surface area is 128 Å². The van der Waals surface area contributed by atoms with E-state index in [1.54, 1.807) is 31.2 Å². The van der Waals surface area contributed by atoms with Crippen molar-refractivity contribution in [3.63, 3.8) is 0 Å². The van der Waals surface area contributed by atoms with Gasteiger partial charge in [-0.1, -0.05) is 48.5 Å². The zero-order valence-corrected chi connectivity index (χ0v) is 12.2. The Morgan fingerprint density at radius 3 is 2.55 bits per heavy atom. The fourth-order valence-electron chi connectivity index (χ4n) is 2.74. The zero-order chi connectivity index (χ0) is 15.6. The first-order chi connectivity index (χ1) is 10.7. The molecule has 0 spiro atoms. The second-order valence-corrected chi connectivity index (χ2v) is 5.14. The lowest BCUT2D eigenvalue weighted by atomic mass is 9.83. The van der Waals surface area contributed by atoms with E-state index in [1.165, 1.54) is 0 Å². The number of hydrogen-bond acceptors (Lipinski definition) is 4. The van der Waals surface area contributed by atoms with Crippen molar-refractivity contribution in [1.82, 2.24) is 0 Å². The summed E-state index contributed by atoms with van der Waals surface area (Å²) in [6.45, 7) is 1.96. The average molecular weight is 296 g/mol. The van der Waals surface area contributed by atoms with Crippen LogP contribution in [0.5, 0.6) is 0 Å². The van der Waals surface area contributed by atoms with Crippen molar-refractivity contribution in [1.29, 1.82) is 0 Å². The van der Waals surface area contributed by atoms with Crippen molar-refractivity contribution in [3.8, 4) is 0 Å². The molecule has 1 aliphatic heterocycles. The number of benzene rings is 2. The standard InChI is InChI=1S/C18H16O4/c1-2-21-17(20)18(14-9-4-3-5-10-14)12-13-8-6-7-11-15(13)16(19)22-18/h3-11H,2,12H2,1H3/t18-/m0/s1. The lowest BCUT2D eigenvalue weighted by Gasteiger charge is -2.35. The molecule has 4 nitrogen and oxygen atoms in total. The quantitative estimate of drug-likeness (QED) is 0.817. The Morgan fingerprint density at radius 2 is 1.82 bits per heavy atom. The summed E-state index contributed by atoms with van der Waals surface area (Å²) in [7, 11) is 0. The summed E-state index contributed by atoms with van der Waals surface area (Å²) in [5, 5.41) is 0. The summed E-state index contributed by atoms with van der Waals surface area (Å²) in [6, 6.07) is 16.2. The molecule has 4 heteroatoms. The van der Waals surface area contributed by atoms with Crippen molar-refractivity contribution in [2.75, 3.05) is 6.61 Å². The van der Waals surface area contributed by atoms with Gasteiger partial charge >= 0.3 is 11.9 Å². The minimum absolute atomic E-state index is 0.229. The van der Waals surface area contributed by atoms with Gasteiger partial charge in [-0.15, -0.1) is 0 Å². The molecule has 0 fully saturated rings. The smallest absolute Gasteiger partial charge is 0.355 e. The molecule has 0 aliphatic carbocycles. The highest BCUT2D eigenvalue weighted by Crippen LogP contribution is 2.37. The molecular weight excluding hydrogens is 280 g/mol. The summed E-state index contributed by atoms with van der Waals surface area (Å²) in [5.41, 5.74) is 0.494. The van der Waals surface area contributed by atoms with Gasteiger partial charge in [0, 0.05) is 12.0 Å². The molecule has 0 saturated heterocycles. The molecule has 1 heterocycles. The van der Waals surface area contributed by atoms with E-state index in [1.807, 2.05) is 30.3 Å². The minimum atomic E-state index is -1.41. The van der Waals surface area contributed by atoms with Crippen LogP contribution in [0.15, 0.2) is 54.6 Å². The van der Waals surface area contributed by atoms with E-state index < -0.39 is 17.5 Å². The molecule has 2 aromatic rings. The zero-order valence-electron chi connectivity index (χ0n) is 12.2. The van der Waals surface area contributed by atoms with E-state index in [2.05, 4.69) is 0 Å². The molecule has 1 aliphatic rings. The van der Waals surface area contributed by atoms with Crippen LogP contribution in [0.2, 0.25) is 0 Å². The van der Waals surface area contributed by atoms with Crippen LogP contribution in [0, 0.1) is 0 Å². The number of carbonyl (C=O) groups excluding carboxylic acids is 2. The van der Waals surface area contributed by atoms with Crippen LogP contribution in [-0.4, -0.2) is 18.5 Å². The Kier molecular flexibility index (Phi) is 3.67. The summed E-state index contributed by atoms with van der Waals surface area (Å²) in [5.74, 6) is -1.04. The van der Waals surface area contributed by atoms with Crippen LogP contribution < -0.4 is 0 Å². The maximum atomic E-state index is 12.6. The lowest BCUT2D eigenvalue weighted by molar-refractivity contribution is -0.168. The number of carbonyl (C=O) groups is 2. The van der Waals surface area contributed by atoms with Gasteiger partial charge in [0.25, 0.3) is 0 Å². The average Bonchev–Trinajstić information content (AvgIpc) is 2.56. The highest BCUT2D eigenvalue weighted by molar-refractivity contribution is 5.96. The van der Waals surface area contributed by atoms with Crippen LogP contribution in [0.3, 0.4) is 0 Å². The number of cyclic esters (lactones) is 1. The molecule has 0 N–H and O–H groups in total. The van der Waals surface area contributed by atoms with E-state index in [0.29, 0.717) is 11.1 Å². The molecule has 0 bridgehead atoms. The molecule has 0 amide bonds. The molecule has 0 unspecified atom stereocenters. The van der Waals surface area contributed by atoms with E-state index in [0.717, 1.165) is 5.56 Å². The number of ether oxygens (including phenoxy) is 2. The number of hydrogen-bond donors (Lipinski definition) is 0. The van der Waals surface area contributed by atoms with Gasteiger partial charge in [0.15, 0.2) is 0 Å². The molecule has 1 atom stereocenters. The minimum Gasteiger partial charge on any atom is -0.463 e. The van der Waals surface area contributed by atoms with Gasteiger partial charge in [0.05, 0.1) is 12.2 Å². The Morgan fingerprint density at radius 1 is 1.14 bits per heavy atom. The monoisotopic (exact) mass is 296 g/mol. The number of fused-ring (bicyclic) bond motifs is 1. The summed E-state index contributed by atoms with van der Waals surface area (Å²) >= 11 is 0. The highest BCUT2D eigenvalue weighted by Gasteiger charge is 2.49. The van der Waals surface area contributed by atoms with E-state index >= 15 is 0 Å². The first kappa shape index (κ1) is 14.3. The van der Waals surface area contributed by atoms with Crippen LogP contribution in [0.4, 0.5) is 0 Å². The number of rotatable bonds is 3. The van der Waals surface area contributed by atoms with Crippen molar-refractivity contribution in [2.24, 2.45) is 0 Å². The fourth-order valence-corrected chi connectivity index (χ4v) is 2.74. The van der Waals surface area contributed by atoms with Gasteiger partial charge in [-0.25, -0.2) is 9.59 Å². The topological polar surface area (TPSA) is 52.6 Å². The third-order valence-corrected chi connectivity index (χ3v) is 3.79. The lowest BCUT2D eigenvalue weighted by Crippen LogP contribution is -2.47. The molecular formula is C18H16O4. The van der Waals surface area contributed by atoms with Crippen LogP contribution in [0.1, 0.15) is 28.4 Å². The van der Waals surface area contributed by atoms with Crippen LogP contribution in [0.25, 0.3) is 0 Å². The van der Waals surface area contributed by atoms with Crippen molar-refractivity contribution < 1.29 is 19.1 Å². The first-order valence-electron chi connectivity index (χ1n) is 7.21. The second-order valence-electron chi connectivity index (χ2n) is 5.14. The predicted octanol–water partition coefficient (Wildman–Crippen LogP) is 2.86. The van der Waals surface area contributed by atoms with E-state index in [-0.39, 0.29) is 13.0 Å². The Bertz CT molecular complexity index is 708. The normalized spacial score (nSPS) is 20.0. The van der Waals surface area contributed by atoms with Crippen molar-refractivity contribution >= 4 is 11.9 Å². The SMILES string of the molecule is CCOC(=O)[C@@]1(c2ccccc2)Cc2ccccc2C(=O)O1. The Balaban J connectivity index is 2.13. The third kappa shape index (κ3) is 2.26.